The summed E-state index contributed by atoms with van der Waals surface area (Å²) in [6.07, 6.45) is 0.0318. The fraction of sp³-hybridized carbons (Fsp3) is 0.593. The van der Waals surface area contributed by atoms with E-state index in [-0.39, 0.29) is 16.8 Å². The molecule has 2 fully saturated rings. The van der Waals surface area contributed by atoms with Crippen LogP contribution in [0.25, 0.3) is 11.3 Å². The largest absolute Gasteiger partial charge is 0.593 e. The number of carbonyl (C=O) groups excluding carboxylic acids is 1. The van der Waals surface area contributed by atoms with Crippen molar-refractivity contribution >= 4 is 17.3 Å². The Morgan fingerprint density at radius 2 is 1.81 bits per heavy atom. The number of nitrogens with zero attached hydrogens (tertiary/aromatic N) is 1. The van der Waals surface area contributed by atoms with Crippen LogP contribution in [-0.2, 0) is 28.8 Å². The Morgan fingerprint density at radius 3 is 2.38 bits per heavy atom. The molecule has 1 atom stereocenters. The molecule has 1 aromatic heterocycles. The minimum absolute atomic E-state index is 0.0143. The van der Waals surface area contributed by atoms with Crippen molar-refractivity contribution in [3.63, 3.8) is 0 Å². The van der Waals surface area contributed by atoms with Gasteiger partial charge in [-0.1, -0.05) is 6.42 Å². The molecule has 0 spiro atoms. The van der Waals surface area contributed by atoms with Gasteiger partial charge in [0.1, 0.15) is 5.56 Å². The molecule has 4 rings (SSSR count). The molecule has 1 saturated heterocycles. The molecule has 1 unspecified atom stereocenters. The third-order valence-corrected chi connectivity index (χ3v) is 8.57. The summed E-state index contributed by atoms with van der Waals surface area (Å²) in [5.74, 6) is 0.210. The first-order valence-electron chi connectivity index (χ1n) is 12.8. The highest BCUT2D eigenvalue weighted by Crippen LogP contribution is 2.39. The van der Waals surface area contributed by atoms with Crippen LogP contribution in [0.15, 0.2) is 29.2 Å². The van der Waals surface area contributed by atoms with Gasteiger partial charge in [-0.3, -0.25) is 4.79 Å². The molecule has 2 N–H and O–H groups in total. The van der Waals surface area contributed by atoms with Gasteiger partial charge in [-0.25, -0.2) is 0 Å². The van der Waals surface area contributed by atoms with Crippen molar-refractivity contribution in [2.75, 3.05) is 13.2 Å². The predicted molar refractivity (Wildman–Crippen MR) is 138 cm³/mol. The second-order valence-electron chi connectivity index (χ2n) is 11.1. The molecule has 1 aliphatic carbocycles. The fourth-order valence-electron chi connectivity index (χ4n) is 4.79. The molecule has 37 heavy (non-hydrogen) atoms. The second kappa shape index (κ2) is 11.0. The van der Waals surface area contributed by atoms with Crippen molar-refractivity contribution in [2.45, 2.75) is 89.0 Å². The van der Waals surface area contributed by atoms with Gasteiger partial charge in [-0.2, -0.15) is 13.2 Å². The van der Waals surface area contributed by atoms with E-state index in [2.05, 4.69) is 10.0 Å². The number of benzene rings is 1. The van der Waals surface area contributed by atoms with Crippen molar-refractivity contribution in [1.82, 2.24) is 14.6 Å². The summed E-state index contributed by atoms with van der Waals surface area (Å²) in [4.78, 5) is 12.9. The first-order chi connectivity index (χ1) is 17.3. The second-order valence-corrected chi connectivity index (χ2v) is 12.3. The van der Waals surface area contributed by atoms with Gasteiger partial charge in [-0.05, 0) is 89.1 Å². The number of hydrogen-bond acceptors (Lipinski definition) is 4. The molecular formula is C27H36F3N3O3S. The Kier molecular flexibility index (Phi) is 8.33. The fourth-order valence-corrected chi connectivity index (χ4v) is 6.03. The van der Waals surface area contributed by atoms with Gasteiger partial charge in [0.2, 0.25) is 0 Å². The van der Waals surface area contributed by atoms with Gasteiger partial charge < -0.3 is 19.2 Å². The maximum Gasteiger partial charge on any atom is 0.421 e. The van der Waals surface area contributed by atoms with E-state index in [4.69, 9.17) is 4.74 Å². The third-order valence-electron chi connectivity index (χ3n) is 7.01. The van der Waals surface area contributed by atoms with E-state index in [1.807, 2.05) is 11.5 Å². The first-order valence-corrected chi connectivity index (χ1v) is 14.0. The monoisotopic (exact) mass is 539 g/mol. The normalized spacial score (nSPS) is 18.5. The summed E-state index contributed by atoms with van der Waals surface area (Å²) in [5.41, 5.74) is 0.540. The topological polar surface area (TPSA) is 78.3 Å². The van der Waals surface area contributed by atoms with Gasteiger partial charge in [0.25, 0.3) is 5.91 Å². The zero-order valence-corrected chi connectivity index (χ0v) is 22.7. The smallest absolute Gasteiger partial charge is 0.421 e. The molecule has 0 radical (unpaired) electrons. The van der Waals surface area contributed by atoms with E-state index >= 15 is 0 Å². The molecule has 2 heterocycles. The number of halogens is 3. The zero-order chi connectivity index (χ0) is 27.0. The molecule has 2 aromatic rings. The first kappa shape index (κ1) is 28.0. The predicted octanol–water partition coefficient (Wildman–Crippen LogP) is 5.60. The van der Waals surface area contributed by atoms with Crippen LogP contribution in [0.3, 0.4) is 0 Å². The summed E-state index contributed by atoms with van der Waals surface area (Å²) in [6, 6.07) is 5.62. The number of alkyl halides is 3. The van der Waals surface area contributed by atoms with Crippen molar-refractivity contribution < 1.29 is 27.3 Å². The van der Waals surface area contributed by atoms with Crippen LogP contribution in [0, 0.1) is 12.8 Å². The summed E-state index contributed by atoms with van der Waals surface area (Å²) < 4.78 is 65.3. The highest BCUT2D eigenvalue weighted by molar-refractivity contribution is 7.89. The molecule has 204 valence electrons. The molecule has 1 saturated carbocycles. The third kappa shape index (κ3) is 6.71. The van der Waals surface area contributed by atoms with Crippen molar-refractivity contribution in [3.8, 4) is 11.3 Å². The molecule has 2 aliphatic rings. The van der Waals surface area contributed by atoms with E-state index in [0.29, 0.717) is 42.5 Å². The van der Waals surface area contributed by atoms with E-state index < -0.39 is 28.6 Å². The number of hydrogen-bond donors (Lipinski definition) is 2. The minimum atomic E-state index is -4.69. The molecule has 1 aromatic carbocycles. The maximum atomic E-state index is 14.1. The SMILES string of the molecule is Cc1c(C(=O)NC2CCOCC2)cc(-c2ccc([S+]([O-])NC(C)(C)C)c(C(F)(F)F)c2)n1CC1CCC1. The Bertz CT molecular complexity index is 1120. The Hall–Kier alpha value is -2.01. The lowest BCUT2D eigenvalue weighted by Crippen LogP contribution is -2.41. The summed E-state index contributed by atoms with van der Waals surface area (Å²) in [7, 11) is 0. The van der Waals surface area contributed by atoms with E-state index in [1.165, 1.54) is 6.07 Å². The number of ether oxygens (including phenoxy) is 1. The van der Waals surface area contributed by atoms with E-state index in [9.17, 15) is 22.5 Å². The zero-order valence-electron chi connectivity index (χ0n) is 21.8. The van der Waals surface area contributed by atoms with Crippen LogP contribution in [0.4, 0.5) is 13.2 Å². The van der Waals surface area contributed by atoms with E-state index in [1.54, 1.807) is 32.9 Å². The van der Waals surface area contributed by atoms with E-state index in [0.717, 1.165) is 43.9 Å². The molecule has 1 aliphatic heterocycles. The lowest BCUT2D eigenvalue weighted by atomic mass is 9.85. The van der Waals surface area contributed by atoms with Crippen LogP contribution < -0.4 is 10.0 Å². The molecule has 1 amide bonds. The number of carbonyl (C=O) groups is 1. The number of rotatable bonds is 7. The number of aromatic nitrogens is 1. The Labute approximate surface area is 219 Å². The van der Waals surface area contributed by atoms with Crippen molar-refractivity contribution in [3.05, 3.63) is 41.1 Å². The standard InChI is InChI=1S/C27H36F3N3O3S/c1-17-21(25(34)31-20-10-12-36-13-11-20)15-23(33(17)16-18-6-5-7-18)19-8-9-24(22(14-19)27(28,29)30)37(35)32-26(2,3)4/h8-9,14-15,18,20,32H,5-7,10-13,16H2,1-4H3,(H,31,34). The summed E-state index contributed by atoms with van der Waals surface area (Å²) >= 11 is -2.04. The molecule has 6 nitrogen and oxygen atoms in total. The van der Waals surface area contributed by atoms with Gasteiger partial charge in [0.15, 0.2) is 4.90 Å². The van der Waals surface area contributed by atoms with Crippen molar-refractivity contribution in [1.29, 1.82) is 0 Å². The highest BCUT2D eigenvalue weighted by Gasteiger charge is 2.39. The Balaban J connectivity index is 1.73. The molecule has 10 heteroatoms. The Morgan fingerprint density at radius 1 is 1.14 bits per heavy atom. The van der Waals surface area contributed by atoms with Gasteiger partial charge >= 0.3 is 6.18 Å². The van der Waals surface area contributed by atoms with Crippen LogP contribution in [0.5, 0.6) is 0 Å². The molecule has 0 bridgehead atoms. The lowest BCUT2D eigenvalue weighted by Gasteiger charge is -2.28. The quantitative estimate of drug-likeness (QED) is 0.449. The van der Waals surface area contributed by atoms with Crippen LogP contribution in [-0.4, -0.2) is 39.8 Å². The highest BCUT2D eigenvalue weighted by atomic mass is 32.2. The average molecular weight is 540 g/mol. The molecular weight excluding hydrogens is 503 g/mol. The summed E-state index contributed by atoms with van der Waals surface area (Å²) in [5, 5.41) is 3.07. The van der Waals surface area contributed by atoms with Crippen LogP contribution >= 0.6 is 0 Å². The van der Waals surface area contributed by atoms with Gasteiger partial charge in [0.05, 0.1) is 22.5 Å². The lowest BCUT2D eigenvalue weighted by molar-refractivity contribution is -0.139. The number of nitrogens with one attached hydrogen (secondary N) is 2. The van der Waals surface area contributed by atoms with Crippen LogP contribution in [0.1, 0.15) is 74.5 Å². The van der Waals surface area contributed by atoms with Gasteiger partial charge in [0, 0.05) is 37.2 Å². The average Bonchev–Trinajstić information content (AvgIpc) is 3.11. The van der Waals surface area contributed by atoms with Crippen molar-refractivity contribution in [2.24, 2.45) is 5.92 Å². The van der Waals surface area contributed by atoms with Gasteiger partial charge in [-0.15, -0.1) is 4.72 Å². The van der Waals surface area contributed by atoms with Crippen LogP contribution in [0.2, 0.25) is 0 Å². The summed E-state index contributed by atoms with van der Waals surface area (Å²) in [6.45, 7) is 8.92. The number of amides is 1. The minimum Gasteiger partial charge on any atom is -0.593 e. The maximum absolute atomic E-state index is 14.1.